The van der Waals surface area contributed by atoms with Crippen LogP contribution in [0.25, 0.3) is 11.1 Å². The maximum absolute atomic E-state index is 10.3. The van der Waals surface area contributed by atoms with Crippen LogP contribution in [-0.4, -0.2) is 75.7 Å². The number of fused-ring (bicyclic) bond motifs is 1. The molecule has 2 aromatic heterocycles. The number of anilines is 1. The van der Waals surface area contributed by atoms with Crippen molar-refractivity contribution in [2.45, 2.75) is 19.4 Å². The van der Waals surface area contributed by atoms with Crippen molar-refractivity contribution < 1.29 is 14.7 Å². The molecule has 22 heavy (non-hydrogen) atoms. The van der Waals surface area contributed by atoms with Gasteiger partial charge in [0.05, 0.1) is 11.8 Å². The second kappa shape index (κ2) is 6.55. The Kier molecular flexibility index (Phi) is 4.51. The second-order valence-electron chi connectivity index (χ2n) is 5.62. The Hall–Kier alpha value is -1.77. The van der Waals surface area contributed by atoms with E-state index in [4.69, 9.17) is 9.63 Å². The lowest BCUT2D eigenvalue weighted by molar-refractivity contribution is 0.127. The van der Waals surface area contributed by atoms with Crippen LogP contribution in [0.1, 0.15) is 12.1 Å². The fraction of sp³-hybridized carbons (Fsp3) is 0.643. The quantitative estimate of drug-likeness (QED) is 0.801. The third kappa shape index (κ3) is 3.03. The first-order valence-electron chi connectivity index (χ1n) is 7.52. The van der Waals surface area contributed by atoms with Gasteiger partial charge in [0.25, 0.3) is 5.71 Å². The summed E-state index contributed by atoms with van der Waals surface area (Å²) in [5.41, 5.74) is 1.22. The molecule has 1 atom stereocenters. The van der Waals surface area contributed by atoms with Gasteiger partial charge in [0.15, 0.2) is 0 Å². The zero-order valence-electron chi connectivity index (χ0n) is 12.6. The van der Waals surface area contributed by atoms with Crippen molar-refractivity contribution in [2.75, 3.05) is 44.2 Å². The predicted molar refractivity (Wildman–Crippen MR) is 80.7 cm³/mol. The van der Waals surface area contributed by atoms with E-state index in [9.17, 15) is 5.11 Å². The molecule has 0 aromatic carbocycles. The molecular weight excluding hydrogens is 286 g/mol. The standard InChI is InChI=1S/C14H21N5O3/c1-10-12-13(15-9-16-14(12)22-17-10)19-5-4-18(3-2-6-20)7-11(21)8-19/h9,11,20-21H,2-8H2,1H3/t11-/m1/s1. The van der Waals surface area contributed by atoms with E-state index in [-0.39, 0.29) is 6.61 Å². The minimum atomic E-state index is -0.466. The van der Waals surface area contributed by atoms with Gasteiger partial charge in [-0.3, -0.25) is 4.90 Å². The van der Waals surface area contributed by atoms with Crippen LogP contribution in [0.15, 0.2) is 10.9 Å². The smallest absolute Gasteiger partial charge is 0.263 e. The van der Waals surface area contributed by atoms with E-state index in [2.05, 4.69) is 24.9 Å². The maximum Gasteiger partial charge on any atom is 0.263 e. The van der Waals surface area contributed by atoms with E-state index in [1.165, 1.54) is 6.33 Å². The molecule has 2 aromatic rings. The molecule has 8 nitrogen and oxygen atoms in total. The highest BCUT2D eigenvalue weighted by Gasteiger charge is 2.24. The van der Waals surface area contributed by atoms with Crippen molar-refractivity contribution in [1.82, 2.24) is 20.0 Å². The lowest BCUT2D eigenvalue weighted by atomic mass is 10.2. The van der Waals surface area contributed by atoms with Crippen molar-refractivity contribution in [3.05, 3.63) is 12.0 Å². The largest absolute Gasteiger partial charge is 0.396 e. The van der Waals surface area contributed by atoms with Crippen molar-refractivity contribution in [3.8, 4) is 0 Å². The molecule has 8 heteroatoms. The van der Waals surface area contributed by atoms with Crippen LogP contribution in [0.3, 0.4) is 0 Å². The van der Waals surface area contributed by atoms with Crippen molar-refractivity contribution in [2.24, 2.45) is 0 Å². The summed E-state index contributed by atoms with van der Waals surface area (Å²) < 4.78 is 5.18. The van der Waals surface area contributed by atoms with Crippen molar-refractivity contribution in [1.29, 1.82) is 0 Å². The first-order chi connectivity index (χ1) is 10.7. The van der Waals surface area contributed by atoms with Crippen molar-refractivity contribution in [3.63, 3.8) is 0 Å². The Morgan fingerprint density at radius 1 is 1.32 bits per heavy atom. The van der Waals surface area contributed by atoms with Gasteiger partial charge in [0, 0.05) is 39.3 Å². The van der Waals surface area contributed by atoms with Crippen LogP contribution in [0.5, 0.6) is 0 Å². The molecule has 0 radical (unpaired) electrons. The first kappa shape index (κ1) is 15.1. The Labute approximate surface area is 128 Å². The third-order valence-electron chi connectivity index (χ3n) is 3.94. The lowest BCUT2D eigenvalue weighted by Crippen LogP contribution is -2.34. The summed E-state index contributed by atoms with van der Waals surface area (Å²) in [7, 11) is 0. The molecule has 1 aliphatic heterocycles. The molecule has 1 saturated heterocycles. The summed E-state index contributed by atoms with van der Waals surface area (Å²) in [6, 6.07) is 0. The molecule has 0 saturated carbocycles. The highest BCUT2D eigenvalue weighted by molar-refractivity contribution is 5.87. The fourth-order valence-corrected chi connectivity index (χ4v) is 2.89. The fourth-order valence-electron chi connectivity index (χ4n) is 2.89. The molecular formula is C14H21N5O3. The van der Waals surface area contributed by atoms with Gasteiger partial charge in [-0.05, 0) is 13.3 Å². The van der Waals surface area contributed by atoms with Gasteiger partial charge in [-0.25, -0.2) is 4.98 Å². The SMILES string of the molecule is Cc1noc2ncnc(N3CCN(CCCO)C[C@@H](O)C3)c12. The average Bonchev–Trinajstić information content (AvgIpc) is 2.79. The molecule has 0 aliphatic carbocycles. The molecule has 3 heterocycles. The maximum atomic E-state index is 10.3. The number of rotatable bonds is 4. The summed E-state index contributed by atoms with van der Waals surface area (Å²) in [6.45, 7) is 5.49. The van der Waals surface area contributed by atoms with Crippen LogP contribution < -0.4 is 4.90 Å². The molecule has 0 unspecified atom stereocenters. The lowest BCUT2D eigenvalue weighted by Gasteiger charge is -2.23. The van der Waals surface area contributed by atoms with Gasteiger partial charge in [-0.1, -0.05) is 5.16 Å². The highest BCUT2D eigenvalue weighted by Crippen LogP contribution is 2.26. The number of hydrogen-bond donors (Lipinski definition) is 2. The van der Waals surface area contributed by atoms with Gasteiger partial charge in [-0.2, -0.15) is 4.98 Å². The van der Waals surface area contributed by atoms with Gasteiger partial charge in [-0.15, -0.1) is 0 Å². The third-order valence-corrected chi connectivity index (χ3v) is 3.94. The van der Waals surface area contributed by atoms with E-state index in [0.29, 0.717) is 18.8 Å². The summed E-state index contributed by atoms with van der Waals surface area (Å²) in [4.78, 5) is 12.7. The monoisotopic (exact) mass is 307 g/mol. The molecule has 1 aliphatic rings. The van der Waals surface area contributed by atoms with Gasteiger partial charge < -0.3 is 19.6 Å². The predicted octanol–water partition coefficient (Wildman–Crippen LogP) is -0.208. The summed E-state index contributed by atoms with van der Waals surface area (Å²) in [5.74, 6) is 0.756. The van der Waals surface area contributed by atoms with Gasteiger partial charge >= 0.3 is 0 Å². The Balaban J connectivity index is 1.83. The van der Waals surface area contributed by atoms with E-state index in [1.807, 2.05) is 6.92 Å². The molecule has 1 fully saturated rings. The molecule has 0 bridgehead atoms. The van der Waals surface area contributed by atoms with E-state index < -0.39 is 6.10 Å². The topological polar surface area (TPSA) is 98.8 Å². The van der Waals surface area contributed by atoms with Crippen LogP contribution in [0, 0.1) is 6.92 Å². The zero-order valence-corrected chi connectivity index (χ0v) is 12.6. The Morgan fingerprint density at radius 2 is 2.18 bits per heavy atom. The number of β-amino-alcohol motifs (C(OH)–C–C–N with tert-alkyl or cyclic N) is 1. The zero-order chi connectivity index (χ0) is 15.5. The second-order valence-corrected chi connectivity index (χ2v) is 5.62. The molecule has 0 amide bonds. The number of aryl methyl sites for hydroxylation is 1. The number of aromatic nitrogens is 3. The highest BCUT2D eigenvalue weighted by atomic mass is 16.5. The molecule has 3 rings (SSSR count). The summed E-state index contributed by atoms with van der Waals surface area (Å²) >= 11 is 0. The van der Waals surface area contributed by atoms with Gasteiger partial charge in [0.2, 0.25) is 0 Å². The van der Waals surface area contributed by atoms with Crippen molar-refractivity contribution >= 4 is 16.9 Å². The average molecular weight is 307 g/mol. The van der Waals surface area contributed by atoms with E-state index >= 15 is 0 Å². The molecule has 120 valence electrons. The van der Waals surface area contributed by atoms with E-state index in [0.717, 1.165) is 43.0 Å². The van der Waals surface area contributed by atoms with E-state index in [1.54, 1.807) is 0 Å². The van der Waals surface area contributed by atoms with Crippen LogP contribution >= 0.6 is 0 Å². The minimum absolute atomic E-state index is 0.169. The normalized spacial score (nSPS) is 20.5. The first-order valence-corrected chi connectivity index (χ1v) is 7.52. The minimum Gasteiger partial charge on any atom is -0.396 e. The molecule has 0 spiro atoms. The molecule has 2 N–H and O–H groups in total. The van der Waals surface area contributed by atoms with Gasteiger partial charge in [0.1, 0.15) is 17.5 Å². The Bertz CT molecular complexity index is 632. The summed E-state index contributed by atoms with van der Waals surface area (Å²) in [5, 5.41) is 24.0. The number of aliphatic hydroxyl groups excluding tert-OH is 2. The van der Waals surface area contributed by atoms with Crippen LogP contribution in [0.4, 0.5) is 5.82 Å². The number of nitrogens with zero attached hydrogens (tertiary/aromatic N) is 5. The Morgan fingerprint density at radius 3 is 3.00 bits per heavy atom. The summed E-state index contributed by atoms with van der Waals surface area (Å²) in [6.07, 6.45) is 1.71. The van der Waals surface area contributed by atoms with Crippen LogP contribution in [-0.2, 0) is 0 Å². The number of hydrogen-bond acceptors (Lipinski definition) is 8. The van der Waals surface area contributed by atoms with Crippen LogP contribution in [0.2, 0.25) is 0 Å². The number of aliphatic hydroxyl groups is 2.